The normalized spacial score (nSPS) is 15.1. The number of hydrogen-bond donors (Lipinski definition) is 0. The standard InChI is InChI=1S/C23H25N3O7S/c1-15(21-24-25-22(33-21)16-6-9-18(30-2)10-7-16)32-23(27)17-8-11-19(31-3)20(14-17)34(28,29)26-12-4-5-13-26/h6-11,14-15H,4-5,12-13H2,1-3H3/t15-/m1/s1. The molecular weight excluding hydrogens is 462 g/mol. The fraction of sp³-hybridized carbons (Fsp3) is 0.348. The molecule has 3 aromatic rings. The second kappa shape index (κ2) is 9.82. The highest BCUT2D eigenvalue weighted by Gasteiger charge is 2.31. The van der Waals surface area contributed by atoms with E-state index in [1.54, 1.807) is 38.3 Å². The van der Waals surface area contributed by atoms with Crippen LogP contribution >= 0.6 is 0 Å². The first kappa shape index (κ1) is 23.7. The van der Waals surface area contributed by atoms with Gasteiger partial charge in [-0.05, 0) is 62.2 Å². The fourth-order valence-corrected chi connectivity index (χ4v) is 5.30. The molecule has 0 radical (unpaired) electrons. The molecule has 1 fully saturated rings. The van der Waals surface area contributed by atoms with Crippen LogP contribution in [-0.2, 0) is 14.8 Å². The van der Waals surface area contributed by atoms with E-state index >= 15 is 0 Å². The summed E-state index contributed by atoms with van der Waals surface area (Å²) in [6.45, 7) is 2.46. The molecule has 4 rings (SSSR count). The van der Waals surface area contributed by atoms with Crippen molar-refractivity contribution in [3.8, 4) is 23.0 Å². The zero-order chi connectivity index (χ0) is 24.3. The van der Waals surface area contributed by atoms with E-state index < -0.39 is 22.1 Å². The van der Waals surface area contributed by atoms with E-state index in [1.807, 2.05) is 0 Å². The molecule has 0 N–H and O–H groups in total. The van der Waals surface area contributed by atoms with Crippen LogP contribution < -0.4 is 9.47 Å². The van der Waals surface area contributed by atoms with Gasteiger partial charge in [0.05, 0.1) is 19.8 Å². The number of esters is 1. The Balaban J connectivity index is 1.52. The molecule has 11 heteroatoms. The summed E-state index contributed by atoms with van der Waals surface area (Å²) >= 11 is 0. The zero-order valence-corrected chi connectivity index (χ0v) is 19.9. The van der Waals surface area contributed by atoms with Crippen LogP contribution in [0.25, 0.3) is 11.5 Å². The lowest BCUT2D eigenvalue weighted by molar-refractivity contribution is 0.0279. The van der Waals surface area contributed by atoms with Gasteiger partial charge in [-0.3, -0.25) is 0 Å². The molecule has 1 aliphatic rings. The molecule has 2 heterocycles. The largest absolute Gasteiger partial charge is 0.497 e. The molecule has 180 valence electrons. The Kier molecular flexibility index (Phi) is 6.85. The van der Waals surface area contributed by atoms with Crippen molar-refractivity contribution >= 4 is 16.0 Å². The number of carbonyl (C=O) groups is 1. The number of aromatic nitrogens is 2. The number of carbonyl (C=O) groups excluding carboxylic acids is 1. The summed E-state index contributed by atoms with van der Waals surface area (Å²) in [5, 5.41) is 7.98. The third-order valence-electron chi connectivity index (χ3n) is 5.49. The summed E-state index contributed by atoms with van der Waals surface area (Å²) in [6, 6.07) is 11.2. The molecule has 0 bridgehead atoms. The summed E-state index contributed by atoms with van der Waals surface area (Å²) in [5.74, 6) is 0.507. The van der Waals surface area contributed by atoms with E-state index in [0.717, 1.165) is 12.8 Å². The van der Waals surface area contributed by atoms with Crippen molar-refractivity contribution in [3.63, 3.8) is 0 Å². The Morgan fingerprint density at radius 2 is 1.74 bits per heavy atom. The number of ether oxygens (including phenoxy) is 3. The van der Waals surface area contributed by atoms with E-state index in [1.165, 1.54) is 29.6 Å². The summed E-state index contributed by atoms with van der Waals surface area (Å²) < 4.78 is 49.0. The molecule has 2 aromatic carbocycles. The first-order valence-electron chi connectivity index (χ1n) is 10.7. The number of methoxy groups -OCH3 is 2. The molecule has 1 aromatic heterocycles. The Labute approximate surface area is 197 Å². The maximum absolute atomic E-state index is 13.1. The number of rotatable bonds is 8. The molecule has 0 unspecified atom stereocenters. The van der Waals surface area contributed by atoms with Gasteiger partial charge in [-0.25, -0.2) is 13.2 Å². The molecule has 0 spiro atoms. The predicted octanol–water partition coefficient (Wildman–Crippen LogP) is 3.46. The summed E-state index contributed by atoms with van der Waals surface area (Å²) in [4.78, 5) is 12.7. The number of benzene rings is 2. The topological polar surface area (TPSA) is 121 Å². The van der Waals surface area contributed by atoms with Crippen LogP contribution in [0.4, 0.5) is 0 Å². The highest BCUT2D eigenvalue weighted by atomic mass is 32.2. The lowest BCUT2D eigenvalue weighted by Crippen LogP contribution is -2.28. The quantitative estimate of drug-likeness (QED) is 0.440. The highest BCUT2D eigenvalue weighted by molar-refractivity contribution is 7.89. The molecule has 0 aliphatic carbocycles. The number of hydrogen-bond acceptors (Lipinski definition) is 9. The maximum atomic E-state index is 13.1. The molecule has 0 saturated carbocycles. The smallest absolute Gasteiger partial charge is 0.338 e. The van der Waals surface area contributed by atoms with Gasteiger partial charge in [-0.15, -0.1) is 10.2 Å². The molecule has 0 amide bonds. The van der Waals surface area contributed by atoms with Gasteiger partial charge in [0, 0.05) is 18.7 Å². The molecule has 10 nitrogen and oxygen atoms in total. The fourth-order valence-electron chi connectivity index (χ4n) is 3.60. The Bertz CT molecular complexity index is 1270. The van der Waals surface area contributed by atoms with E-state index in [9.17, 15) is 13.2 Å². The monoisotopic (exact) mass is 487 g/mol. The van der Waals surface area contributed by atoms with Crippen molar-refractivity contribution in [2.24, 2.45) is 0 Å². The second-order valence-electron chi connectivity index (χ2n) is 7.70. The van der Waals surface area contributed by atoms with Crippen LogP contribution in [0.15, 0.2) is 51.8 Å². The third kappa shape index (κ3) is 4.75. The van der Waals surface area contributed by atoms with Gasteiger partial charge in [0.25, 0.3) is 5.89 Å². The summed E-state index contributed by atoms with van der Waals surface area (Å²) in [5.41, 5.74) is 0.755. The van der Waals surface area contributed by atoms with Gasteiger partial charge in [-0.2, -0.15) is 4.31 Å². The van der Waals surface area contributed by atoms with Crippen molar-refractivity contribution in [3.05, 3.63) is 53.9 Å². The van der Waals surface area contributed by atoms with Crippen LogP contribution in [0.5, 0.6) is 11.5 Å². The van der Waals surface area contributed by atoms with Crippen molar-refractivity contribution in [2.45, 2.75) is 30.8 Å². The van der Waals surface area contributed by atoms with Gasteiger partial charge in [0.2, 0.25) is 15.9 Å². The van der Waals surface area contributed by atoms with Crippen LogP contribution in [0.2, 0.25) is 0 Å². The summed E-state index contributed by atoms with van der Waals surface area (Å²) in [6.07, 6.45) is 0.736. The average Bonchev–Trinajstić information content (AvgIpc) is 3.57. The van der Waals surface area contributed by atoms with E-state index in [0.29, 0.717) is 24.4 Å². The van der Waals surface area contributed by atoms with Crippen molar-refractivity contribution in [1.29, 1.82) is 0 Å². The highest BCUT2D eigenvalue weighted by Crippen LogP contribution is 2.31. The van der Waals surface area contributed by atoms with Crippen LogP contribution in [0.3, 0.4) is 0 Å². The maximum Gasteiger partial charge on any atom is 0.338 e. The number of nitrogens with zero attached hydrogens (tertiary/aromatic N) is 3. The van der Waals surface area contributed by atoms with E-state index in [2.05, 4.69) is 10.2 Å². The summed E-state index contributed by atoms with van der Waals surface area (Å²) in [7, 11) is -0.844. The van der Waals surface area contributed by atoms with Crippen molar-refractivity contribution in [2.75, 3.05) is 27.3 Å². The van der Waals surface area contributed by atoms with Crippen molar-refractivity contribution in [1.82, 2.24) is 14.5 Å². The third-order valence-corrected chi connectivity index (χ3v) is 7.41. The number of sulfonamides is 1. The minimum Gasteiger partial charge on any atom is -0.497 e. The molecular formula is C23H25N3O7S. The Morgan fingerprint density at radius 1 is 1.03 bits per heavy atom. The first-order valence-corrected chi connectivity index (χ1v) is 12.1. The van der Waals surface area contributed by atoms with E-state index in [4.69, 9.17) is 18.6 Å². The lowest BCUT2D eigenvalue weighted by atomic mass is 10.2. The predicted molar refractivity (Wildman–Crippen MR) is 121 cm³/mol. The van der Waals surface area contributed by atoms with Crippen LogP contribution in [0, 0.1) is 0 Å². The zero-order valence-electron chi connectivity index (χ0n) is 19.1. The van der Waals surface area contributed by atoms with Gasteiger partial charge in [-0.1, -0.05) is 0 Å². The van der Waals surface area contributed by atoms with Gasteiger partial charge in [0.1, 0.15) is 16.4 Å². The second-order valence-corrected chi connectivity index (χ2v) is 9.60. The van der Waals surface area contributed by atoms with Gasteiger partial charge >= 0.3 is 5.97 Å². The van der Waals surface area contributed by atoms with Crippen LogP contribution in [-0.4, -0.2) is 56.2 Å². The lowest BCUT2D eigenvalue weighted by Gasteiger charge is -2.18. The molecule has 34 heavy (non-hydrogen) atoms. The van der Waals surface area contributed by atoms with E-state index in [-0.39, 0.29) is 28.0 Å². The Hall–Kier alpha value is -3.44. The average molecular weight is 488 g/mol. The van der Waals surface area contributed by atoms with Crippen molar-refractivity contribution < 1.29 is 31.8 Å². The minimum absolute atomic E-state index is 0.0697. The molecule has 1 aliphatic heterocycles. The SMILES string of the molecule is COc1ccc(-c2nnc([C@@H](C)OC(=O)c3ccc(OC)c(S(=O)(=O)N4CCCC4)c3)o2)cc1. The van der Waals surface area contributed by atoms with Gasteiger partial charge < -0.3 is 18.6 Å². The Morgan fingerprint density at radius 3 is 2.38 bits per heavy atom. The minimum atomic E-state index is -3.80. The first-order chi connectivity index (χ1) is 16.3. The molecule has 1 saturated heterocycles. The molecule has 1 atom stereocenters. The van der Waals surface area contributed by atoms with Crippen LogP contribution in [0.1, 0.15) is 42.1 Å². The van der Waals surface area contributed by atoms with Gasteiger partial charge in [0.15, 0.2) is 6.10 Å².